The van der Waals surface area contributed by atoms with Crippen molar-refractivity contribution in [3.63, 3.8) is 0 Å². The quantitative estimate of drug-likeness (QED) is 0.897. The minimum atomic E-state index is -0.306. The number of aromatic nitrogens is 2. The van der Waals surface area contributed by atoms with Gasteiger partial charge >= 0.3 is 0 Å². The lowest BCUT2D eigenvalue weighted by Crippen LogP contribution is -2.25. The molecule has 1 atom stereocenters. The molecule has 0 saturated heterocycles. The normalized spacial score (nSPS) is 12.4. The Balaban J connectivity index is 2.38. The van der Waals surface area contributed by atoms with E-state index < -0.39 is 0 Å². The second-order valence-electron chi connectivity index (χ2n) is 4.54. The monoisotopic (exact) mass is 259 g/mol. The van der Waals surface area contributed by atoms with Crippen molar-refractivity contribution in [3.05, 3.63) is 59.4 Å². The summed E-state index contributed by atoms with van der Waals surface area (Å²) in [6, 6.07) is 5.38. The first-order valence-electron chi connectivity index (χ1n) is 6.47. The zero-order valence-electron chi connectivity index (χ0n) is 11.2. The maximum Gasteiger partial charge on any atom is 0.146 e. The van der Waals surface area contributed by atoms with Crippen LogP contribution >= 0.6 is 0 Å². The van der Waals surface area contributed by atoms with E-state index in [9.17, 15) is 4.39 Å². The van der Waals surface area contributed by atoms with E-state index in [4.69, 9.17) is 0 Å². The third-order valence-corrected chi connectivity index (χ3v) is 2.95. The highest BCUT2D eigenvalue weighted by molar-refractivity contribution is 5.29. The molecular weight excluding hydrogens is 241 g/mol. The zero-order valence-corrected chi connectivity index (χ0v) is 11.2. The molecule has 0 aliphatic rings. The van der Waals surface area contributed by atoms with Gasteiger partial charge < -0.3 is 5.32 Å². The molecule has 2 aromatic rings. The van der Waals surface area contributed by atoms with Gasteiger partial charge in [-0.15, -0.1) is 0 Å². The highest BCUT2D eigenvalue weighted by atomic mass is 19.1. The van der Waals surface area contributed by atoms with Crippen molar-refractivity contribution in [1.82, 2.24) is 15.3 Å². The molecule has 19 heavy (non-hydrogen) atoms. The SMILES string of the molecule is CCCNC(c1cc(C)ccn1)c1ccncc1F. The van der Waals surface area contributed by atoms with Crippen LogP contribution in [0.2, 0.25) is 0 Å². The molecular formula is C15H18FN3. The first-order valence-corrected chi connectivity index (χ1v) is 6.47. The average Bonchev–Trinajstić information content (AvgIpc) is 2.41. The lowest BCUT2D eigenvalue weighted by Gasteiger charge is -2.19. The number of pyridine rings is 2. The number of hydrogen-bond acceptors (Lipinski definition) is 3. The van der Waals surface area contributed by atoms with E-state index in [1.54, 1.807) is 18.5 Å². The summed E-state index contributed by atoms with van der Waals surface area (Å²) in [4.78, 5) is 8.16. The molecule has 0 radical (unpaired) electrons. The Morgan fingerprint density at radius 1 is 1.32 bits per heavy atom. The minimum absolute atomic E-state index is 0.233. The number of nitrogens with zero attached hydrogens (tertiary/aromatic N) is 2. The van der Waals surface area contributed by atoms with Crippen LogP contribution in [0.5, 0.6) is 0 Å². The third kappa shape index (κ3) is 3.35. The molecule has 1 N–H and O–H groups in total. The Hall–Kier alpha value is -1.81. The molecule has 1 unspecified atom stereocenters. The lowest BCUT2D eigenvalue weighted by atomic mass is 10.0. The fraction of sp³-hybridized carbons (Fsp3) is 0.333. The van der Waals surface area contributed by atoms with Gasteiger partial charge in [0.2, 0.25) is 0 Å². The van der Waals surface area contributed by atoms with Crippen LogP contribution < -0.4 is 5.32 Å². The molecule has 0 saturated carbocycles. The van der Waals surface area contributed by atoms with Crippen LogP contribution in [0.1, 0.15) is 36.2 Å². The predicted molar refractivity (Wildman–Crippen MR) is 73.3 cm³/mol. The van der Waals surface area contributed by atoms with Crippen molar-refractivity contribution in [2.75, 3.05) is 6.54 Å². The molecule has 2 rings (SSSR count). The van der Waals surface area contributed by atoms with E-state index in [1.165, 1.54) is 6.20 Å². The number of aryl methyl sites for hydroxylation is 1. The van der Waals surface area contributed by atoms with Crippen molar-refractivity contribution in [2.45, 2.75) is 26.3 Å². The molecule has 100 valence electrons. The van der Waals surface area contributed by atoms with Crippen molar-refractivity contribution in [1.29, 1.82) is 0 Å². The van der Waals surface area contributed by atoms with Gasteiger partial charge in [-0.05, 0) is 43.7 Å². The zero-order chi connectivity index (χ0) is 13.7. The van der Waals surface area contributed by atoms with Crippen molar-refractivity contribution in [3.8, 4) is 0 Å². The second-order valence-corrected chi connectivity index (χ2v) is 4.54. The number of rotatable bonds is 5. The Morgan fingerprint density at radius 2 is 2.16 bits per heavy atom. The predicted octanol–water partition coefficient (Wildman–Crippen LogP) is 3.01. The van der Waals surface area contributed by atoms with Crippen LogP contribution in [0.3, 0.4) is 0 Å². The van der Waals surface area contributed by atoms with E-state index in [1.807, 2.05) is 19.1 Å². The minimum Gasteiger partial charge on any atom is -0.305 e. The van der Waals surface area contributed by atoms with E-state index >= 15 is 0 Å². The standard InChI is InChI=1S/C15H18FN3/c1-3-6-19-15(12-5-7-17-10-13(12)16)14-9-11(2)4-8-18-14/h4-5,7-10,15,19H,3,6H2,1-2H3. The lowest BCUT2D eigenvalue weighted by molar-refractivity contribution is 0.536. The number of hydrogen-bond donors (Lipinski definition) is 1. The Labute approximate surface area is 112 Å². The van der Waals surface area contributed by atoms with E-state index in [2.05, 4.69) is 22.2 Å². The Kier molecular flexibility index (Phi) is 4.58. The maximum absolute atomic E-state index is 13.9. The molecule has 0 aliphatic heterocycles. The number of nitrogens with one attached hydrogen (secondary N) is 1. The largest absolute Gasteiger partial charge is 0.305 e. The van der Waals surface area contributed by atoms with Gasteiger partial charge in [0.15, 0.2) is 0 Å². The van der Waals surface area contributed by atoms with E-state index in [0.717, 1.165) is 24.2 Å². The Morgan fingerprint density at radius 3 is 2.84 bits per heavy atom. The van der Waals surface area contributed by atoms with Crippen LogP contribution in [-0.2, 0) is 0 Å². The summed E-state index contributed by atoms with van der Waals surface area (Å²) in [6.07, 6.45) is 5.58. The van der Waals surface area contributed by atoms with Gasteiger partial charge in [-0.25, -0.2) is 4.39 Å². The van der Waals surface area contributed by atoms with Gasteiger partial charge in [0.25, 0.3) is 0 Å². The highest BCUT2D eigenvalue weighted by Crippen LogP contribution is 2.22. The number of halogens is 1. The molecule has 0 spiro atoms. The smallest absolute Gasteiger partial charge is 0.146 e. The molecule has 0 aliphatic carbocycles. The summed E-state index contributed by atoms with van der Waals surface area (Å²) in [5, 5.41) is 3.34. The summed E-state index contributed by atoms with van der Waals surface area (Å²) in [5.41, 5.74) is 2.53. The fourth-order valence-electron chi connectivity index (χ4n) is 2.00. The first-order chi connectivity index (χ1) is 9.22. The molecule has 0 bridgehead atoms. The molecule has 4 heteroatoms. The summed E-state index contributed by atoms with van der Waals surface area (Å²) >= 11 is 0. The van der Waals surface area contributed by atoms with Crippen LogP contribution in [0.15, 0.2) is 36.8 Å². The summed E-state index contributed by atoms with van der Waals surface area (Å²) in [7, 11) is 0. The van der Waals surface area contributed by atoms with Gasteiger partial charge in [0.05, 0.1) is 17.9 Å². The fourth-order valence-corrected chi connectivity index (χ4v) is 2.00. The molecule has 0 amide bonds. The van der Waals surface area contributed by atoms with Crippen LogP contribution in [0, 0.1) is 12.7 Å². The van der Waals surface area contributed by atoms with Crippen molar-refractivity contribution in [2.24, 2.45) is 0 Å². The molecule has 0 fully saturated rings. The average molecular weight is 259 g/mol. The topological polar surface area (TPSA) is 37.8 Å². The third-order valence-electron chi connectivity index (χ3n) is 2.95. The second kappa shape index (κ2) is 6.38. The van der Waals surface area contributed by atoms with Gasteiger partial charge in [-0.2, -0.15) is 0 Å². The van der Waals surface area contributed by atoms with Crippen molar-refractivity contribution >= 4 is 0 Å². The molecule has 2 aromatic heterocycles. The van der Waals surface area contributed by atoms with Gasteiger partial charge in [-0.1, -0.05) is 6.92 Å². The summed E-state index contributed by atoms with van der Waals surface area (Å²) in [6.45, 7) is 4.89. The van der Waals surface area contributed by atoms with Gasteiger partial charge in [-0.3, -0.25) is 9.97 Å². The van der Waals surface area contributed by atoms with E-state index in [-0.39, 0.29) is 11.9 Å². The van der Waals surface area contributed by atoms with Gasteiger partial charge in [0.1, 0.15) is 5.82 Å². The maximum atomic E-state index is 13.9. The van der Waals surface area contributed by atoms with E-state index in [0.29, 0.717) is 5.56 Å². The summed E-state index contributed by atoms with van der Waals surface area (Å²) < 4.78 is 13.9. The van der Waals surface area contributed by atoms with Crippen molar-refractivity contribution < 1.29 is 4.39 Å². The molecule has 3 nitrogen and oxygen atoms in total. The molecule has 2 heterocycles. The first kappa shape index (κ1) is 13.6. The van der Waals surface area contributed by atoms with Crippen LogP contribution in [0.25, 0.3) is 0 Å². The van der Waals surface area contributed by atoms with Crippen LogP contribution in [0.4, 0.5) is 4.39 Å². The van der Waals surface area contributed by atoms with Gasteiger partial charge in [0, 0.05) is 18.0 Å². The summed E-state index contributed by atoms with van der Waals surface area (Å²) in [5.74, 6) is -0.306. The molecule has 0 aromatic carbocycles. The Bertz CT molecular complexity index is 542. The van der Waals surface area contributed by atoms with Crippen LogP contribution in [-0.4, -0.2) is 16.5 Å². The highest BCUT2D eigenvalue weighted by Gasteiger charge is 2.18.